The minimum atomic E-state index is -0.942. The summed E-state index contributed by atoms with van der Waals surface area (Å²) in [7, 11) is 1.60. The highest BCUT2D eigenvalue weighted by Crippen LogP contribution is 2.45. The van der Waals surface area contributed by atoms with Crippen LogP contribution >= 0.6 is 0 Å². The summed E-state index contributed by atoms with van der Waals surface area (Å²) in [4.78, 5) is 19.0. The Hall–Kier alpha value is -4.59. The number of para-hydroxylation sites is 1. The Kier molecular flexibility index (Phi) is 7.58. The van der Waals surface area contributed by atoms with Gasteiger partial charge in [-0.1, -0.05) is 18.2 Å². The Balaban J connectivity index is 1.08. The van der Waals surface area contributed by atoms with E-state index in [1.807, 2.05) is 18.2 Å². The number of methoxy groups -OCH3 is 1. The zero-order valence-corrected chi connectivity index (χ0v) is 24.6. The van der Waals surface area contributed by atoms with Gasteiger partial charge in [-0.3, -0.25) is 4.90 Å². The van der Waals surface area contributed by atoms with Crippen molar-refractivity contribution in [2.45, 2.75) is 50.5 Å². The van der Waals surface area contributed by atoms with Gasteiger partial charge in [-0.2, -0.15) is 5.26 Å². The van der Waals surface area contributed by atoms with Crippen LogP contribution in [0.25, 0.3) is 11.0 Å². The molecule has 3 aliphatic heterocycles. The number of imidazole rings is 1. The fraction of sp³-hybridized carbons (Fsp3) is 0.382. The zero-order valence-electron chi connectivity index (χ0n) is 24.6. The number of carboxylic acids is 1. The van der Waals surface area contributed by atoms with Crippen molar-refractivity contribution in [3.8, 4) is 23.3 Å². The smallest absolute Gasteiger partial charge is 0.335 e. The number of aromatic carboxylic acids is 1. The summed E-state index contributed by atoms with van der Waals surface area (Å²) in [5.41, 5.74) is 4.44. The van der Waals surface area contributed by atoms with Gasteiger partial charge < -0.3 is 28.6 Å². The maximum Gasteiger partial charge on any atom is 0.335 e. The lowest BCUT2D eigenvalue weighted by Gasteiger charge is -2.35. The van der Waals surface area contributed by atoms with Crippen LogP contribution in [0.15, 0.2) is 54.6 Å². The standard InChI is InChI=1S/C34H34N4O6/c1-41-30-15-21(17-35)5-7-26(30)31-20-43-29-4-2-3-25(33(29)44-31)22-9-12-37(13-10-22)19-32-36-27-8-6-23(34(39)40)16-28(27)38(32)18-24-11-14-42-24/h2-8,15-16,22,24,31H,9-14,18-20H2,1H3,(H,39,40)/t24-,31+/m0/s1. The number of carbonyl (C=O) groups is 1. The predicted molar refractivity (Wildman–Crippen MR) is 161 cm³/mol. The van der Waals surface area contributed by atoms with Crippen LogP contribution in [0.5, 0.6) is 17.2 Å². The molecule has 1 N–H and O–H groups in total. The maximum atomic E-state index is 11.7. The lowest BCUT2D eigenvalue weighted by molar-refractivity contribution is -0.0592. The molecular weight excluding hydrogens is 560 g/mol. The van der Waals surface area contributed by atoms with Gasteiger partial charge in [0.15, 0.2) is 17.6 Å². The third-order valence-corrected chi connectivity index (χ3v) is 9.02. The number of aromatic nitrogens is 2. The molecule has 0 spiro atoms. The van der Waals surface area contributed by atoms with Crippen LogP contribution in [-0.2, 0) is 17.8 Å². The van der Waals surface area contributed by atoms with Gasteiger partial charge in [0, 0.05) is 17.7 Å². The van der Waals surface area contributed by atoms with E-state index in [4.69, 9.17) is 23.9 Å². The number of hydrogen-bond donors (Lipinski definition) is 1. The SMILES string of the molecule is COc1cc(C#N)ccc1[C@H]1COc2cccc(C3CCN(Cc4nc5ccc(C(=O)O)cc5n4C[C@@H]4CCO4)CC3)c2O1. The third kappa shape index (κ3) is 5.34. The molecule has 2 fully saturated rings. The van der Waals surface area contributed by atoms with E-state index < -0.39 is 5.97 Å². The largest absolute Gasteiger partial charge is 0.496 e. The first-order chi connectivity index (χ1) is 21.5. The van der Waals surface area contributed by atoms with Gasteiger partial charge in [-0.15, -0.1) is 0 Å². The molecule has 10 heteroatoms. The summed E-state index contributed by atoms with van der Waals surface area (Å²) in [6.07, 6.45) is 2.69. The molecule has 0 bridgehead atoms. The Morgan fingerprint density at radius 2 is 1.95 bits per heavy atom. The molecule has 3 aromatic carbocycles. The van der Waals surface area contributed by atoms with E-state index in [9.17, 15) is 15.2 Å². The molecule has 2 atom stereocenters. The molecule has 7 rings (SSSR count). The van der Waals surface area contributed by atoms with Crippen LogP contribution in [0, 0.1) is 11.3 Å². The average Bonchev–Trinajstić information content (AvgIpc) is 3.37. The summed E-state index contributed by atoms with van der Waals surface area (Å²) in [5.74, 6) is 2.45. The summed E-state index contributed by atoms with van der Waals surface area (Å²) >= 11 is 0. The number of carboxylic acid groups (broad SMARTS) is 1. The molecule has 0 saturated carbocycles. The second-order valence-electron chi connectivity index (χ2n) is 11.6. The number of hydrogen-bond acceptors (Lipinski definition) is 8. The quantitative estimate of drug-likeness (QED) is 0.290. The second kappa shape index (κ2) is 11.8. The molecule has 44 heavy (non-hydrogen) atoms. The first kappa shape index (κ1) is 28.2. The Morgan fingerprint density at radius 1 is 1.11 bits per heavy atom. The van der Waals surface area contributed by atoms with Crippen molar-refractivity contribution in [2.24, 2.45) is 0 Å². The highest BCUT2D eigenvalue weighted by atomic mass is 16.6. The Morgan fingerprint density at radius 3 is 2.68 bits per heavy atom. The summed E-state index contributed by atoms with van der Waals surface area (Å²) < 4.78 is 26.2. The summed E-state index contributed by atoms with van der Waals surface area (Å²) in [6.45, 7) is 4.27. The molecule has 3 aliphatic rings. The number of fused-ring (bicyclic) bond motifs is 2. The first-order valence-corrected chi connectivity index (χ1v) is 15.1. The fourth-order valence-corrected chi connectivity index (χ4v) is 6.50. The van der Waals surface area contributed by atoms with Crippen molar-refractivity contribution in [3.05, 3.63) is 82.7 Å². The molecule has 4 aromatic rings. The van der Waals surface area contributed by atoms with E-state index in [0.717, 1.165) is 78.4 Å². The number of benzene rings is 3. The average molecular weight is 595 g/mol. The minimum Gasteiger partial charge on any atom is -0.496 e. The van der Waals surface area contributed by atoms with Crippen LogP contribution in [0.3, 0.4) is 0 Å². The first-order valence-electron chi connectivity index (χ1n) is 15.1. The Labute approximate surface area is 255 Å². The van der Waals surface area contributed by atoms with Crippen molar-refractivity contribution >= 4 is 17.0 Å². The minimum absolute atomic E-state index is 0.130. The van der Waals surface area contributed by atoms with Gasteiger partial charge in [0.2, 0.25) is 0 Å². The van der Waals surface area contributed by atoms with E-state index in [-0.39, 0.29) is 17.8 Å². The number of likely N-dealkylation sites (tertiary alicyclic amines) is 1. The van der Waals surface area contributed by atoms with Crippen molar-refractivity contribution in [3.63, 3.8) is 0 Å². The monoisotopic (exact) mass is 594 g/mol. The maximum absolute atomic E-state index is 11.7. The normalized spacial score (nSPS) is 20.2. The summed E-state index contributed by atoms with van der Waals surface area (Å²) in [5, 5.41) is 18.9. The molecule has 4 heterocycles. The van der Waals surface area contributed by atoms with Crippen molar-refractivity contribution in [2.75, 3.05) is 33.4 Å². The molecule has 1 aromatic heterocycles. The van der Waals surface area contributed by atoms with Gasteiger partial charge in [0.05, 0.1) is 54.5 Å². The number of rotatable bonds is 8. The molecule has 226 valence electrons. The van der Waals surface area contributed by atoms with Crippen LogP contribution in [0.1, 0.15) is 64.2 Å². The van der Waals surface area contributed by atoms with Gasteiger partial charge in [0.25, 0.3) is 0 Å². The van der Waals surface area contributed by atoms with Crippen LogP contribution in [-0.4, -0.2) is 65.0 Å². The van der Waals surface area contributed by atoms with Gasteiger partial charge in [-0.05, 0) is 74.7 Å². The van der Waals surface area contributed by atoms with Crippen molar-refractivity contribution in [1.29, 1.82) is 5.26 Å². The van der Waals surface area contributed by atoms with Crippen LogP contribution in [0.4, 0.5) is 0 Å². The van der Waals surface area contributed by atoms with Crippen LogP contribution in [0.2, 0.25) is 0 Å². The van der Waals surface area contributed by atoms with Crippen molar-refractivity contribution in [1.82, 2.24) is 14.5 Å². The highest BCUT2D eigenvalue weighted by molar-refractivity contribution is 5.92. The van der Waals surface area contributed by atoms with Crippen LogP contribution < -0.4 is 14.2 Å². The lowest BCUT2D eigenvalue weighted by atomic mass is 9.88. The zero-order chi connectivity index (χ0) is 30.2. The van der Waals surface area contributed by atoms with Gasteiger partial charge in [0.1, 0.15) is 18.2 Å². The molecular formula is C34H34N4O6. The van der Waals surface area contributed by atoms with E-state index >= 15 is 0 Å². The van der Waals surface area contributed by atoms with E-state index in [0.29, 0.717) is 36.9 Å². The molecule has 2 saturated heterocycles. The fourth-order valence-electron chi connectivity index (χ4n) is 6.50. The molecule has 0 amide bonds. The van der Waals surface area contributed by atoms with Gasteiger partial charge in [-0.25, -0.2) is 9.78 Å². The number of nitrogens with zero attached hydrogens (tertiary/aromatic N) is 4. The van der Waals surface area contributed by atoms with E-state index in [1.54, 1.807) is 37.4 Å². The third-order valence-electron chi connectivity index (χ3n) is 9.02. The van der Waals surface area contributed by atoms with Gasteiger partial charge >= 0.3 is 5.97 Å². The number of nitriles is 1. The molecule has 10 nitrogen and oxygen atoms in total. The molecule has 0 unspecified atom stereocenters. The second-order valence-corrected chi connectivity index (χ2v) is 11.6. The van der Waals surface area contributed by atoms with E-state index in [2.05, 4.69) is 21.6 Å². The number of piperidine rings is 1. The van der Waals surface area contributed by atoms with E-state index in [1.165, 1.54) is 0 Å². The summed E-state index contributed by atoms with van der Waals surface area (Å²) in [6, 6.07) is 18.8. The van der Waals surface area contributed by atoms with Crippen molar-refractivity contribution < 1.29 is 28.8 Å². The predicted octanol–water partition coefficient (Wildman–Crippen LogP) is 5.30. The number of ether oxygens (including phenoxy) is 4. The topological polar surface area (TPSA) is 119 Å². The Bertz CT molecular complexity index is 1750. The molecule has 0 radical (unpaired) electrons. The lowest BCUT2D eigenvalue weighted by Crippen LogP contribution is -2.35. The highest BCUT2D eigenvalue weighted by Gasteiger charge is 2.32. The molecule has 0 aliphatic carbocycles.